The number of hydrogen-bond donors (Lipinski definition) is 2. The smallest absolute Gasteiger partial charge is 0.182 e. The van der Waals surface area contributed by atoms with E-state index in [1.165, 1.54) is 7.11 Å². The molecular weight excluding hydrogens is 242 g/mol. The maximum absolute atomic E-state index is 11.4. The van der Waals surface area contributed by atoms with Gasteiger partial charge in [0.1, 0.15) is 0 Å². The number of phenols is 1. The Kier molecular flexibility index (Phi) is 2.45. The number of benzene rings is 2. The van der Waals surface area contributed by atoms with Crippen molar-refractivity contribution in [2.24, 2.45) is 0 Å². The number of para-hydroxylation sites is 1. The van der Waals surface area contributed by atoms with Gasteiger partial charge in [0.05, 0.1) is 12.6 Å². The number of aromatic nitrogens is 1. The summed E-state index contributed by atoms with van der Waals surface area (Å²) in [7, 11) is 1.48. The average Bonchev–Trinajstić information content (AvgIpc) is 2.80. The van der Waals surface area contributed by atoms with E-state index < -0.39 is 0 Å². The van der Waals surface area contributed by atoms with Gasteiger partial charge in [-0.1, -0.05) is 18.2 Å². The van der Waals surface area contributed by atoms with Gasteiger partial charge in [-0.05, 0) is 13.0 Å². The lowest BCUT2D eigenvalue weighted by molar-refractivity contribution is 0.112. The van der Waals surface area contributed by atoms with E-state index in [0.717, 1.165) is 22.6 Å². The second-order valence-corrected chi connectivity index (χ2v) is 4.46. The van der Waals surface area contributed by atoms with Gasteiger partial charge in [-0.2, -0.15) is 0 Å². The van der Waals surface area contributed by atoms with E-state index in [4.69, 9.17) is 4.74 Å². The molecule has 19 heavy (non-hydrogen) atoms. The van der Waals surface area contributed by atoms with Crippen molar-refractivity contribution in [3.8, 4) is 11.5 Å². The van der Waals surface area contributed by atoms with Crippen LogP contribution in [0.4, 0.5) is 0 Å². The highest BCUT2D eigenvalue weighted by Crippen LogP contribution is 2.42. The molecule has 0 radical (unpaired) electrons. The molecule has 4 heteroatoms. The van der Waals surface area contributed by atoms with Gasteiger partial charge >= 0.3 is 0 Å². The third kappa shape index (κ3) is 1.43. The molecule has 0 spiro atoms. The monoisotopic (exact) mass is 255 g/mol. The zero-order valence-electron chi connectivity index (χ0n) is 10.7. The van der Waals surface area contributed by atoms with E-state index in [9.17, 15) is 9.90 Å². The number of aldehydes is 1. The Hall–Kier alpha value is -2.49. The number of ether oxygens (including phenoxy) is 1. The Labute approximate surface area is 109 Å². The van der Waals surface area contributed by atoms with Crippen LogP contribution in [-0.2, 0) is 0 Å². The Morgan fingerprint density at radius 3 is 2.74 bits per heavy atom. The van der Waals surface area contributed by atoms with Gasteiger partial charge < -0.3 is 14.8 Å². The minimum Gasteiger partial charge on any atom is -0.503 e. The fourth-order valence-electron chi connectivity index (χ4n) is 2.60. The maximum Gasteiger partial charge on any atom is 0.182 e. The summed E-state index contributed by atoms with van der Waals surface area (Å²) in [5.74, 6) is 0.373. The van der Waals surface area contributed by atoms with Gasteiger partial charge in [-0.15, -0.1) is 0 Å². The number of aromatic hydroxyl groups is 1. The van der Waals surface area contributed by atoms with Crippen molar-refractivity contribution in [2.45, 2.75) is 6.92 Å². The van der Waals surface area contributed by atoms with Crippen molar-refractivity contribution < 1.29 is 14.6 Å². The third-order valence-electron chi connectivity index (χ3n) is 3.49. The van der Waals surface area contributed by atoms with Gasteiger partial charge in [0.2, 0.25) is 0 Å². The van der Waals surface area contributed by atoms with Crippen LogP contribution >= 0.6 is 0 Å². The average molecular weight is 255 g/mol. The molecule has 0 fully saturated rings. The van der Waals surface area contributed by atoms with Crippen LogP contribution in [0.25, 0.3) is 21.8 Å². The number of rotatable bonds is 2. The molecule has 0 saturated carbocycles. The van der Waals surface area contributed by atoms with Crippen LogP contribution in [0.5, 0.6) is 11.5 Å². The van der Waals surface area contributed by atoms with Crippen LogP contribution in [0.1, 0.15) is 15.9 Å². The first kappa shape index (κ1) is 11.6. The van der Waals surface area contributed by atoms with Crippen LogP contribution in [0.2, 0.25) is 0 Å². The van der Waals surface area contributed by atoms with Crippen molar-refractivity contribution in [1.82, 2.24) is 4.98 Å². The quantitative estimate of drug-likeness (QED) is 0.691. The fraction of sp³-hybridized carbons (Fsp3) is 0.133. The Morgan fingerprint density at radius 2 is 2.05 bits per heavy atom. The van der Waals surface area contributed by atoms with E-state index in [0.29, 0.717) is 22.4 Å². The standard InChI is InChI=1S/C15H13NO3/c1-8-10(7-17)12-9-5-3-4-6-11(9)16-13(12)14(18)15(8)19-2/h3-7,16,18H,1-2H3. The van der Waals surface area contributed by atoms with Crippen LogP contribution < -0.4 is 4.74 Å². The third-order valence-corrected chi connectivity index (χ3v) is 3.49. The number of methoxy groups -OCH3 is 1. The number of phenolic OH excluding ortho intramolecular Hbond substituents is 1. The molecule has 0 unspecified atom stereocenters. The number of carbonyl (C=O) groups is 1. The molecule has 0 aliphatic rings. The molecule has 0 saturated heterocycles. The molecule has 0 amide bonds. The van der Waals surface area contributed by atoms with E-state index in [2.05, 4.69) is 4.98 Å². The number of nitrogens with one attached hydrogen (secondary N) is 1. The molecule has 2 N–H and O–H groups in total. The lowest BCUT2D eigenvalue weighted by atomic mass is 10.0. The van der Waals surface area contributed by atoms with Crippen LogP contribution in [0, 0.1) is 6.92 Å². The van der Waals surface area contributed by atoms with E-state index in [1.807, 2.05) is 24.3 Å². The van der Waals surface area contributed by atoms with Crippen molar-refractivity contribution >= 4 is 28.1 Å². The zero-order valence-corrected chi connectivity index (χ0v) is 10.7. The first-order valence-electron chi connectivity index (χ1n) is 5.94. The summed E-state index contributed by atoms with van der Waals surface area (Å²) >= 11 is 0. The lowest BCUT2D eigenvalue weighted by Gasteiger charge is -2.11. The summed E-state index contributed by atoms with van der Waals surface area (Å²) < 4.78 is 5.19. The molecule has 3 rings (SSSR count). The minimum atomic E-state index is 0.0387. The molecule has 2 aromatic carbocycles. The summed E-state index contributed by atoms with van der Waals surface area (Å²) in [6, 6.07) is 7.64. The van der Waals surface area contributed by atoms with E-state index in [1.54, 1.807) is 6.92 Å². The molecule has 0 aliphatic heterocycles. The van der Waals surface area contributed by atoms with Crippen LogP contribution in [0.15, 0.2) is 24.3 Å². The fourth-order valence-corrected chi connectivity index (χ4v) is 2.60. The topological polar surface area (TPSA) is 62.3 Å². The van der Waals surface area contributed by atoms with Crippen LogP contribution in [0.3, 0.4) is 0 Å². The summed E-state index contributed by atoms with van der Waals surface area (Å²) in [5, 5.41) is 11.9. The lowest BCUT2D eigenvalue weighted by Crippen LogP contribution is -1.95. The molecule has 0 bridgehead atoms. The predicted octanol–water partition coefficient (Wildman–Crippen LogP) is 3.16. The summed E-state index contributed by atoms with van der Waals surface area (Å²) in [6.45, 7) is 1.77. The highest BCUT2D eigenvalue weighted by molar-refractivity contribution is 6.17. The van der Waals surface area contributed by atoms with Gasteiger partial charge in [-0.3, -0.25) is 4.79 Å². The largest absolute Gasteiger partial charge is 0.503 e. The van der Waals surface area contributed by atoms with Crippen molar-refractivity contribution in [2.75, 3.05) is 7.11 Å². The molecule has 1 aromatic heterocycles. The molecule has 0 aliphatic carbocycles. The van der Waals surface area contributed by atoms with Crippen molar-refractivity contribution in [3.05, 3.63) is 35.4 Å². The summed E-state index contributed by atoms with van der Waals surface area (Å²) in [4.78, 5) is 14.5. The first-order chi connectivity index (χ1) is 9.19. The number of H-pyrrole nitrogens is 1. The first-order valence-corrected chi connectivity index (χ1v) is 5.94. The number of aromatic amines is 1. The van der Waals surface area contributed by atoms with Gasteiger partial charge in [0.15, 0.2) is 17.8 Å². The Morgan fingerprint density at radius 1 is 1.32 bits per heavy atom. The summed E-state index contributed by atoms with van der Waals surface area (Å²) in [5.41, 5.74) is 2.60. The normalized spacial score (nSPS) is 11.1. The summed E-state index contributed by atoms with van der Waals surface area (Å²) in [6.07, 6.45) is 0.805. The number of carbonyl (C=O) groups excluding carboxylic acids is 1. The highest BCUT2D eigenvalue weighted by atomic mass is 16.5. The van der Waals surface area contributed by atoms with Gasteiger partial charge in [0.25, 0.3) is 0 Å². The molecule has 1 heterocycles. The molecule has 4 nitrogen and oxygen atoms in total. The van der Waals surface area contributed by atoms with Crippen LogP contribution in [-0.4, -0.2) is 23.5 Å². The van der Waals surface area contributed by atoms with E-state index in [-0.39, 0.29) is 5.75 Å². The zero-order chi connectivity index (χ0) is 13.6. The van der Waals surface area contributed by atoms with E-state index >= 15 is 0 Å². The van der Waals surface area contributed by atoms with Crippen molar-refractivity contribution in [3.63, 3.8) is 0 Å². The molecule has 0 atom stereocenters. The van der Waals surface area contributed by atoms with Gasteiger partial charge in [0, 0.05) is 27.4 Å². The van der Waals surface area contributed by atoms with Crippen molar-refractivity contribution in [1.29, 1.82) is 0 Å². The maximum atomic E-state index is 11.4. The second kappa shape index (κ2) is 4.02. The SMILES string of the molecule is COc1c(C)c(C=O)c2c([nH]c3ccccc32)c1O. The highest BCUT2D eigenvalue weighted by Gasteiger charge is 2.20. The second-order valence-electron chi connectivity index (χ2n) is 4.46. The Bertz CT molecular complexity index is 802. The predicted molar refractivity (Wildman–Crippen MR) is 74.1 cm³/mol. The number of fused-ring (bicyclic) bond motifs is 3. The number of hydrogen-bond acceptors (Lipinski definition) is 3. The molecular formula is C15H13NO3. The molecule has 96 valence electrons. The van der Waals surface area contributed by atoms with Gasteiger partial charge in [-0.25, -0.2) is 0 Å². The molecule has 3 aromatic rings. The minimum absolute atomic E-state index is 0.0387. The Balaban J connectivity index is 2.63.